The van der Waals surface area contributed by atoms with Gasteiger partial charge in [0.15, 0.2) is 0 Å². The van der Waals surface area contributed by atoms with Gasteiger partial charge in [0, 0.05) is 32.7 Å². The first-order valence-corrected chi connectivity index (χ1v) is 7.09. The predicted molar refractivity (Wildman–Crippen MR) is 70.5 cm³/mol. The molecule has 2 fully saturated rings. The number of carbonyl (C=O) groups is 2. The van der Waals surface area contributed by atoms with Gasteiger partial charge < -0.3 is 20.2 Å². The van der Waals surface area contributed by atoms with Crippen LogP contribution >= 0.6 is 0 Å². The standard InChI is InChI=1S/C13H23N3O3/c1-2-5-15-7-4-14-11(13(15)19)8-12(18)16-6-3-10(17)9-16/h10-11,14,17H,2-9H2,1H3. The highest BCUT2D eigenvalue weighted by atomic mass is 16.3. The zero-order valence-corrected chi connectivity index (χ0v) is 11.5. The Morgan fingerprint density at radius 1 is 1.47 bits per heavy atom. The molecule has 2 rings (SSSR count). The van der Waals surface area contributed by atoms with Crippen molar-refractivity contribution in [3.8, 4) is 0 Å². The summed E-state index contributed by atoms with van der Waals surface area (Å²) in [6.07, 6.45) is 1.37. The summed E-state index contributed by atoms with van der Waals surface area (Å²) >= 11 is 0. The summed E-state index contributed by atoms with van der Waals surface area (Å²) in [5.74, 6) is -0.0121. The van der Waals surface area contributed by atoms with Crippen LogP contribution in [-0.2, 0) is 9.59 Å². The van der Waals surface area contributed by atoms with Crippen molar-refractivity contribution < 1.29 is 14.7 Å². The van der Waals surface area contributed by atoms with E-state index < -0.39 is 12.1 Å². The minimum absolute atomic E-state index is 0.0289. The third kappa shape index (κ3) is 3.45. The molecule has 0 aromatic carbocycles. The fraction of sp³-hybridized carbons (Fsp3) is 0.846. The van der Waals surface area contributed by atoms with E-state index in [1.807, 2.05) is 11.8 Å². The number of β-amino-alcohol motifs (C(OH)–C–C–N with tert-alkyl or cyclic N) is 1. The van der Waals surface area contributed by atoms with E-state index in [-0.39, 0.29) is 18.2 Å². The van der Waals surface area contributed by atoms with Crippen molar-refractivity contribution >= 4 is 11.8 Å². The second kappa shape index (κ2) is 6.34. The predicted octanol–water partition coefficient (Wildman–Crippen LogP) is -0.820. The van der Waals surface area contributed by atoms with Crippen LogP contribution in [0.1, 0.15) is 26.2 Å². The van der Waals surface area contributed by atoms with Crippen molar-refractivity contribution in [2.75, 3.05) is 32.7 Å². The Labute approximate surface area is 113 Å². The van der Waals surface area contributed by atoms with E-state index >= 15 is 0 Å². The van der Waals surface area contributed by atoms with Crippen LogP contribution in [-0.4, -0.2) is 71.6 Å². The molecule has 6 heteroatoms. The summed E-state index contributed by atoms with van der Waals surface area (Å²) in [6, 6.07) is -0.398. The zero-order chi connectivity index (χ0) is 13.8. The highest BCUT2D eigenvalue weighted by molar-refractivity contribution is 5.89. The van der Waals surface area contributed by atoms with Gasteiger partial charge in [-0.3, -0.25) is 9.59 Å². The van der Waals surface area contributed by atoms with E-state index in [2.05, 4.69) is 5.32 Å². The van der Waals surface area contributed by atoms with Crippen molar-refractivity contribution in [1.82, 2.24) is 15.1 Å². The average molecular weight is 269 g/mol. The molecule has 2 aliphatic heterocycles. The molecular weight excluding hydrogens is 246 g/mol. The number of likely N-dealkylation sites (tertiary alicyclic amines) is 1. The minimum Gasteiger partial charge on any atom is -0.391 e. The Balaban J connectivity index is 1.87. The summed E-state index contributed by atoms with van der Waals surface area (Å²) in [6.45, 7) is 5.26. The molecule has 19 heavy (non-hydrogen) atoms. The number of nitrogens with one attached hydrogen (secondary N) is 1. The van der Waals surface area contributed by atoms with E-state index in [1.165, 1.54) is 0 Å². The number of carbonyl (C=O) groups excluding carboxylic acids is 2. The van der Waals surface area contributed by atoms with E-state index in [0.29, 0.717) is 19.5 Å². The fourth-order valence-electron chi connectivity index (χ4n) is 2.72. The molecule has 0 aromatic rings. The largest absolute Gasteiger partial charge is 0.391 e. The third-order valence-corrected chi connectivity index (χ3v) is 3.77. The fourth-order valence-corrected chi connectivity index (χ4v) is 2.72. The second-order valence-electron chi connectivity index (χ2n) is 5.32. The van der Waals surface area contributed by atoms with Gasteiger partial charge in [-0.15, -0.1) is 0 Å². The molecule has 2 aliphatic rings. The lowest BCUT2D eigenvalue weighted by Gasteiger charge is -2.33. The minimum atomic E-state index is -0.407. The summed E-state index contributed by atoms with van der Waals surface area (Å²) in [4.78, 5) is 27.7. The lowest BCUT2D eigenvalue weighted by atomic mass is 10.1. The molecular formula is C13H23N3O3. The van der Waals surface area contributed by atoms with Crippen LogP contribution < -0.4 is 5.32 Å². The first-order chi connectivity index (χ1) is 9.11. The van der Waals surface area contributed by atoms with Crippen molar-refractivity contribution in [2.45, 2.75) is 38.3 Å². The van der Waals surface area contributed by atoms with Gasteiger partial charge in [-0.05, 0) is 12.8 Å². The Bertz CT molecular complexity index is 346. The number of piperazine rings is 1. The van der Waals surface area contributed by atoms with Gasteiger partial charge in [0.2, 0.25) is 11.8 Å². The quantitative estimate of drug-likeness (QED) is 0.699. The molecule has 0 spiro atoms. The van der Waals surface area contributed by atoms with E-state index in [9.17, 15) is 14.7 Å². The van der Waals surface area contributed by atoms with E-state index in [1.54, 1.807) is 4.90 Å². The Kier molecular flexibility index (Phi) is 4.76. The molecule has 2 heterocycles. The monoisotopic (exact) mass is 269 g/mol. The SMILES string of the molecule is CCCN1CCNC(CC(=O)N2CCC(O)C2)C1=O. The van der Waals surface area contributed by atoms with Gasteiger partial charge in [0.25, 0.3) is 0 Å². The van der Waals surface area contributed by atoms with Gasteiger partial charge in [-0.1, -0.05) is 6.92 Å². The van der Waals surface area contributed by atoms with Crippen LogP contribution in [0.25, 0.3) is 0 Å². The summed E-state index contributed by atoms with van der Waals surface area (Å²) < 4.78 is 0. The highest BCUT2D eigenvalue weighted by Crippen LogP contribution is 2.13. The molecule has 0 radical (unpaired) electrons. The van der Waals surface area contributed by atoms with Crippen LogP contribution in [0.2, 0.25) is 0 Å². The Morgan fingerprint density at radius 3 is 2.89 bits per heavy atom. The van der Waals surface area contributed by atoms with Crippen LogP contribution in [0.15, 0.2) is 0 Å². The summed E-state index contributed by atoms with van der Waals surface area (Å²) in [5.41, 5.74) is 0. The average Bonchev–Trinajstić information content (AvgIpc) is 2.81. The van der Waals surface area contributed by atoms with Crippen molar-refractivity contribution in [3.05, 3.63) is 0 Å². The smallest absolute Gasteiger partial charge is 0.240 e. The third-order valence-electron chi connectivity index (χ3n) is 3.77. The molecule has 2 N–H and O–H groups in total. The number of amides is 2. The molecule has 108 valence electrons. The van der Waals surface area contributed by atoms with Crippen LogP contribution in [0.5, 0.6) is 0 Å². The first kappa shape index (κ1) is 14.3. The van der Waals surface area contributed by atoms with Gasteiger partial charge >= 0.3 is 0 Å². The molecule has 0 aliphatic carbocycles. The van der Waals surface area contributed by atoms with Gasteiger partial charge in [0.05, 0.1) is 18.6 Å². The molecule has 0 bridgehead atoms. The normalized spacial score (nSPS) is 28.0. The van der Waals surface area contributed by atoms with Crippen LogP contribution in [0.4, 0.5) is 0 Å². The highest BCUT2D eigenvalue weighted by Gasteiger charge is 2.32. The molecule has 2 amide bonds. The number of hydrogen-bond donors (Lipinski definition) is 2. The summed E-state index contributed by atoms with van der Waals surface area (Å²) in [5, 5.41) is 12.6. The molecule has 2 saturated heterocycles. The van der Waals surface area contributed by atoms with Gasteiger partial charge in [0.1, 0.15) is 0 Å². The molecule has 6 nitrogen and oxygen atoms in total. The Hall–Kier alpha value is -1.14. The maximum atomic E-state index is 12.2. The first-order valence-electron chi connectivity index (χ1n) is 7.09. The van der Waals surface area contributed by atoms with Gasteiger partial charge in [-0.2, -0.15) is 0 Å². The maximum absolute atomic E-state index is 12.2. The zero-order valence-electron chi connectivity index (χ0n) is 11.5. The van der Waals surface area contributed by atoms with E-state index in [0.717, 1.165) is 26.1 Å². The van der Waals surface area contributed by atoms with Crippen molar-refractivity contribution in [2.24, 2.45) is 0 Å². The lowest BCUT2D eigenvalue weighted by Crippen LogP contribution is -2.56. The molecule has 0 aromatic heterocycles. The Morgan fingerprint density at radius 2 is 2.26 bits per heavy atom. The number of nitrogens with zero attached hydrogens (tertiary/aromatic N) is 2. The van der Waals surface area contributed by atoms with Crippen molar-refractivity contribution in [3.63, 3.8) is 0 Å². The molecule has 0 saturated carbocycles. The van der Waals surface area contributed by atoms with E-state index in [4.69, 9.17) is 0 Å². The second-order valence-corrected chi connectivity index (χ2v) is 5.32. The molecule has 2 atom stereocenters. The number of rotatable bonds is 4. The summed E-state index contributed by atoms with van der Waals surface area (Å²) in [7, 11) is 0. The maximum Gasteiger partial charge on any atom is 0.240 e. The number of aliphatic hydroxyl groups is 1. The van der Waals surface area contributed by atoms with Crippen LogP contribution in [0.3, 0.4) is 0 Å². The van der Waals surface area contributed by atoms with Crippen molar-refractivity contribution in [1.29, 1.82) is 0 Å². The lowest BCUT2D eigenvalue weighted by molar-refractivity contribution is -0.140. The molecule has 2 unspecified atom stereocenters. The number of aliphatic hydroxyl groups excluding tert-OH is 1. The van der Waals surface area contributed by atoms with Gasteiger partial charge in [-0.25, -0.2) is 0 Å². The number of hydrogen-bond acceptors (Lipinski definition) is 4. The topological polar surface area (TPSA) is 72.9 Å². The van der Waals surface area contributed by atoms with Crippen LogP contribution in [0, 0.1) is 0 Å².